The SMILES string of the molecule is CC(C)NC(CO)CN1CCC(C(C)C)CC1. The van der Waals surface area contributed by atoms with Crippen molar-refractivity contribution in [1.82, 2.24) is 10.2 Å². The second kappa shape index (κ2) is 7.34. The Morgan fingerprint density at radius 3 is 2.18 bits per heavy atom. The van der Waals surface area contributed by atoms with Crippen LogP contribution in [-0.4, -0.2) is 48.3 Å². The minimum atomic E-state index is 0.227. The Hall–Kier alpha value is -0.120. The second-order valence-corrected chi connectivity index (χ2v) is 6.08. The molecule has 3 nitrogen and oxygen atoms in total. The summed E-state index contributed by atoms with van der Waals surface area (Å²) in [6, 6.07) is 0.672. The van der Waals surface area contributed by atoms with Crippen LogP contribution in [0.2, 0.25) is 0 Å². The maximum absolute atomic E-state index is 9.36. The van der Waals surface area contributed by atoms with Gasteiger partial charge in [0.15, 0.2) is 0 Å². The molecule has 0 saturated carbocycles. The summed E-state index contributed by atoms with van der Waals surface area (Å²) in [5.41, 5.74) is 0. The maximum atomic E-state index is 9.36. The number of piperidine rings is 1. The molecular weight excluding hydrogens is 212 g/mol. The third kappa shape index (κ3) is 5.36. The number of rotatable bonds is 6. The van der Waals surface area contributed by atoms with Gasteiger partial charge in [0.1, 0.15) is 0 Å². The van der Waals surface area contributed by atoms with Crippen molar-refractivity contribution in [1.29, 1.82) is 0 Å². The zero-order valence-corrected chi connectivity index (χ0v) is 11.9. The van der Waals surface area contributed by atoms with E-state index in [1.54, 1.807) is 0 Å². The smallest absolute Gasteiger partial charge is 0.0597 e. The van der Waals surface area contributed by atoms with Crippen molar-refractivity contribution < 1.29 is 5.11 Å². The van der Waals surface area contributed by atoms with Crippen LogP contribution in [0.1, 0.15) is 40.5 Å². The van der Waals surface area contributed by atoms with Gasteiger partial charge in [0.2, 0.25) is 0 Å². The fraction of sp³-hybridized carbons (Fsp3) is 1.00. The van der Waals surface area contributed by atoms with Crippen molar-refractivity contribution in [3.8, 4) is 0 Å². The lowest BCUT2D eigenvalue weighted by atomic mass is 9.86. The van der Waals surface area contributed by atoms with Gasteiger partial charge < -0.3 is 15.3 Å². The average Bonchev–Trinajstić information content (AvgIpc) is 2.28. The normalized spacial score (nSPS) is 21.4. The molecule has 1 heterocycles. The Kier molecular flexibility index (Phi) is 6.45. The molecule has 0 spiro atoms. The predicted octanol–water partition coefficient (Wildman–Crippen LogP) is 1.71. The lowest BCUT2D eigenvalue weighted by Gasteiger charge is -2.36. The zero-order chi connectivity index (χ0) is 12.8. The van der Waals surface area contributed by atoms with Crippen LogP contribution in [0.25, 0.3) is 0 Å². The van der Waals surface area contributed by atoms with Gasteiger partial charge in [0.25, 0.3) is 0 Å². The van der Waals surface area contributed by atoms with E-state index in [2.05, 4.69) is 37.9 Å². The standard InChI is InChI=1S/C14H30N2O/c1-11(2)13-5-7-16(8-6-13)9-14(10-17)15-12(3)4/h11-15,17H,5-10H2,1-4H3. The van der Waals surface area contributed by atoms with E-state index in [1.807, 2.05) is 0 Å². The molecule has 1 atom stereocenters. The molecular formula is C14H30N2O. The van der Waals surface area contributed by atoms with Gasteiger partial charge in [-0.3, -0.25) is 0 Å². The highest BCUT2D eigenvalue weighted by molar-refractivity contribution is 4.79. The molecule has 0 aliphatic carbocycles. The molecule has 1 fully saturated rings. The Bertz CT molecular complexity index is 198. The molecule has 102 valence electrons. The van der Waals surface area contributed by atoms with E-state index in [0.29, 0.717) is 6.04 Å². The first-order chi connectivity index (χ1) is 8.02. The zero-order valence-electron chi connectivity index (χ0n) is 11.9. The van der Waals surface area contributed by atoms with Crippen LogP contribution in [0, 0.1) is 11.8 Å². The average molecular weight is 242 g/mol. The topological polar surface area (TPSA) is 35.5 Å². The van der Waals surface area contributed by atoms with Crippen LogP contribution in [0.3, 0.4) is 0 Å². The second-order valence-electron chi connectivity index (χ2n) is 6.08. The minimum Gasteiger partial charge on any atom is -0.395 e. The lowest BCUT2D eigenvalue weighted by molar-refractivity contribution is 0.124. The van der Waals surface area contributed by atoms with E-state index in [1.165, 1.54) is 25.9 Å². The van der Waals surface area contributed by atoms with Crippen molar-refractivity contribution >= 4 is 0 Å². The molecule has 1 aliphatic rings. The molecule has 0 aromatic rings. The van der Waals surface area contributed by atoms with E-state index in [-0.39, 0.29) is 12.6 Å². The largest absolute Gasteiger partial charge is 0.395 e. The van der Waals surface area contributed by atoms with Crippen LogP contribution in [-0.2, 0) is 0 Å². The quantitative estimate of drug-likeness (QED) is 0.744. The first kappa shape index (κ1) is 14.9. The molecule has 1 rings (SSSR count). The number of aliphatic hydroxyl groups is 1. The third-order valence-corrected chi connectivity index (χ3v) is 3.84. The number of nitrogens with one attached hydrogen (secondary N) is 1. The summed E-state index contributed by atoms with van der Waals surface area (Å²) >= 11 is 0. The van der Waals surface area contributed by atoms with Crippen molar-refractivity contribution in [3.63, 3.8) is 0 Å². The van der Waals surface area contributed by atoms with Gasteiger partial charge in [-0.05, 0) is 37.8 Å². The van der Waals surface area contributed by atoms with Gasteiger partial charge >= 0.3 is 0 Å². The van der Waals surface area contributed by atoms with Crippen LogP contribution in [0.4, 0.5) is 0 Å². The van der Waals surface area contributed by atoms with Gasteiger partial charge in [-0.25, -0.2) is 0 Å². The first-order valence-corrected chi connectivity index (χ1v) is 7.12. The highest BCUT2D eigenvalue weighted by atomic mass is 16.3. The third-order valence-electron chi connectivity index (χ3n) is 3.84. The molecule has 1 aliphatic heterocycles. The van der Waals surface area contributed by atoms with Gasteiger partial charge in [0.05, 0.1) is 6.61 Å². The van der Waals surface area contributed by atoms with Crippen LogP contribution in [0.5, 0.6) is 0 Å². The summed E-state index contributed by atoms with van der Waals surface area (Å²) in [6.45, 7) is 12.5. The van der Waals surface area contributed by atoms with Crippen LogP contribution < -0.4 is 5.32 Å². The molecule has 0 aromatic heterocycles. The molecule has 3 heteroatoms. The van der Waals surface area contributed by atoms with Crippen LogP contribution in [0.15, 0.2) is 0 Å². The number of aliphatic hydroxyl groups excluding tert-OH is 1. The van der Waals surface area contributed by atoms with Gasteiger partial charge in [-0.2, -0.15) is 0 Å². The van der Waals surface area contributed by atoms with Gasteiger partial charge in [-0.1, -0.05) is 27.7 Å². The van der Waals surface area contributed by atoms with Gasteiger partial charge in [-0.15, -0.1) is 0 Å². The van der Waals surface area contributed by atoms with E-state index < -0.39 is 0 Å². The number of hydrogen-bond donors (Lipinski definition) is 2. The van der Waals surface area contributed by atoms with Crippen molar-refractivity contribution in [2.24, 2.45) is 11.8 Å². The highest BCUT2D eigenvalue weighted by Crippen LogP contribution is 2.24. The Balaban J connectivity index is 2.28. The monoisotopic (exact) mass is 242 g/mol. The Morgan fingerprint density at radius 2 is 1.76 bits per heavy atom. The highest BCUT2D eigenvalue weighted by Gasteiger charge is 2.23. The number of nitrogens with zero attached hydrogens (tertiary/aromatic N) is 1. The molecule has 0 amide bonds. The summed E-state index contributed by atoms with van der Waals surface area (Å²) in [5, 5.41) is 12.8. The summed E-state index contributed by atoms with van der Waals surface area (Å²) in [5.74, 6) is 1.72. The lowest BCUT2D eigenvalue weighted by Crippen LogP contribution is -2.48. The van der Waals surface area contributed by atoms with E-state index >= 15 is 0 Å². The predicted molar refractivity (Wildman–Crippen MR) is 73.1 cm³/mol. The van der Waals surface area contributed by atoms with Crippen LogP contribution >= 0.6 is 0 Å². The van der Waals surface area contributed by atoms with E-state index in [4.69, 9.17) is 0 Å². The molecule has 0 aromatic carbocycles. The molecule has 0 bridgehead atoms. The van der Waals surface area contributed by atoms with Crippen molar-refractivity contribution in [3.05, 3.63) is 0 Å². The molecule has 2 N–H and O–H groups in total. The van der Waals surface area contributed by atoms with Crippen molar-refractivity contribution in [2.75, 3.05) is 26.2 Å². The van der Waals surface area contributed by atoms with E-state index in [9.17, 15) is 5.11 Å². The minimum absolute atomic E-state index is 0.227. The maximum Gasteiger partial charge on any atom is 0.0597 e. The fourth-order valence-electron chi connectivity index (χ4n) is 2.75. The Morgan fingerprint density at radius 1 is 1.18 bits per heavy atom. The molecule has 1 unspecified atom stereocenters. The summed E-state index contributed by atoms with van der Waals surface area (Å²) in [4.78, 5) is 2.50. The first-order valence-electron chi connectivity index (χ1n) is 7.12. The molecule has 0 radical (unpaired) electrons. The van der Waals surface area contributed by atoms with E-state index in [0.717, 1.165) is 18.4 Å². The number of likely N-dealkylation sites (tertiary alicyclic amines) is 1. The fourth-order valence-corrected chi connectivity index (χ4v) is 2.75. The Labute approximate surface area is 107 Å². The summed E-state index contributed by atoms with van der Waals surface area (Å²) in [7, 11) is 0. The summed E-state index contributed by atoms with van der Waals surface area (Å²) in [6.07, 6.45) is 2.63. The molecule has 1 saturated heterocycles. The number of hydrogen-bond acceptors (Lipinski definition) is 3. The van der Waals surface area contributed by atoms with Crippen molar-refractivity contribution in [2.45, 2.75) is 52.6 Å². The summed E-state index contributed by atoms with van der Waals surface area (Å²) < 4.78 is 0. The molecule has 17 heavy (non-hydrogen) atoms. The van der Waals surface area contributed by atoms with Gasteiger partial charge in [0, 0.05) is 18.6 Å².